The lowest BCUT2D eigenvalue weighted by Crippen LogP contribution is -2.62. The monoisotopic (exact) mass is 575 g/mol. The molecule has 3 saturated carbocycles. The van der Waals surface area contributed by atoms with Crippen molar-refractivity contribution in [2.75, 3.05) is 6.61 Å². The number of ether oxygens (including phenoxy) is 1. The second-order valence-corrected chi connectivity index (χ2v) is 13.6. The Hall–Kier alpha value is -2.59. The van der Waals surface area contributed by atoms with Crippen molar-refractivity contribution in [2.45, 2.75) is 110 Å². The number of carbonyl (C=O) groups is 5. The van der Waals surface area contributed by atoms with E-state index in [9.17, 15) is 39.3 Å². The van der Waals surface area contributed by atoms with Crippen LogP contribution in [0.15, 0.2) is 11.6 Å². The van der Waals surface area contributed by atoms with Crippen LogP contribution in [0.1, 0.15) is 91.9 Å². The summed E-state index contributed by atoms with van der Waals surface area (Å²) in [5, 5.41) is 35.0. The van der Waals surface area contributed by atoms with Gasteiger partial charge >= 0.3 is 11.9 Å². The predicted molar refractivity (Wildman–Crippen MR) is 147 cm³/mol. The molecular weight excluding hydrogens is 530 g/mol. The fourth-order valence-corrected chi connectivity index (χ4v) is 8.66. The zero-order chi connectivity index (χ0) is 30.3. The first-order valence-electron chi connectivity index (χ1n) is 15.0. The summed E-state index contributed by atoms with van der Waals surface area (Å²) in [6.07, 6.45) is 4.47. The van der Waals surface area contributed by atoms with Gasteiger partial charge in [0.25, 0.3) is 0 Å². The number of allylic oxidation sites excluding steroid dienone is 1. The summed E-state index contributed by atoms with van der Waals surface area (Å²) in [4.78, 5) is 61.4. The van der Waals surface area contributed by atoms with Crippen molar-refractivity contribution in [1.29, 1.82) is 0 Å². The number of aliphatic hydroxyl groups is 2. The smallest absolute Gasteiger partial charge is 0.326 e. The van der Waals surface area contributed by atoms with Crippen molar-refractivity contribution >= 4 is 29.4 Å². The summed E-state index contributed by atoms with van der Waals surface area (Å²) in [6, 6.07) is -1.05. The Morgan fingerprint density at radius 3 is 2.46 bits per heavy atom. The topological polar surface area (TPSA) is 167 Å². The maximum atomic E-state index is 13.4. The van der Waals surface area contributed by atoms with Gasteiger partial charge in [0.15, 0.2) is 12.4 Å². The molecule has 4 rings (SSSR count). The van der Waals surface area contributed by atoms with Gasteiger partial charge in [-0.1, -0.05) is 33.3 Å². The number of aliphatic hydroxyl groups excluding tert-OH is 1. The van der Waals surface area contributed by atoms with Crippen LogP contribution in [0.2, 0.25) is 0 Å². The number of ketones is 2. The lowest BCUT2D eigenvalue weighted by Gasteiger charge is -2.60. The summed E-state index contributed by atoms with van der Waals surface area (Å²) in [6.45, 7) is 7.05. The van der Waals surface area contributed by atoms with Crippen molar-refractivity contribution in [3.63, 3.8) is 0 Å². The molecule has 0 aromatic heterocycles. The SMILES string of the molecule is CC(C)C[C@H](NC(=O)CCC(=O)OCC(=O)[C@@]1(O)CC[C@@H]2[C@@H]3CCC4=CC(=O)CC[C@]4(C)[C@H]3[C@H](O)C[C@@]21C)C(=O)O. The summed E-state index contributed by atoms with van der Waals surface area (Å²) in [7, 11) is 0. The molecule has 0 heterocycles. The number of esters is 1. The molecule has 0 aliphatic heterocycles. The summed E-state index contributed by atoms with van der Waals surface area (Å²) in [5.74, 6) is -2.89. The maximum Gasteiger partial charge on any atom is 0.326 e. The molecule has 4 N–H and O–H groups in total. The summed E-state index contributed by atoms with van der Waals surface area (Å²) in [5.41, 5.74) is -1.81. The molecular formula is C31H45NO9. The van der Waals surface area contributed by atoms with Gasteiger partial charge in [0.05, 0.1) is 12.5 Å². The predicted octanol–water partition coefficient (Wildman–Crippen LogP) is 2.73. The molecule has 0 aromatic rings. The normalized spacial score (nSPS) is 36.9. The van der Waals surface area contributed by atoms with Gasteiger partial charge in [0, 0.05) is 18.3 Å². The molecule has 41 heavy (non-hydrogen) atoms. The molecule has 0 saturated heterocycles. The van der Waals surface area contributed by atoms with Gasteiger partial charge < -0.3 is 25.4 Å². The minimum absolute atomic E-state index is 0.00766. The first-order valence-corrected chi connectivity index (χ1v) is 15.0. The van der Waals surface area contributed by atoms with E-state index in [1.165, 1.54) is 0 Å². The number of rotatable bonds is 10. The first-order chi connectivity index (χ1) is 19.1. The Labute approximate surface area is 241 Å². The van der Waals surface area contributed by atoms with Crippen molar-refractivity contribution < 1.29 is 44.0 Å². The third kappa shape index (κ3) is 5.74. The van der Waals surface area contributed by atoms with Crippen LogP contribution >= 0.6 is 0 Å². The molecule has 10 heteroatoms. The minimum atomic E-state index is -1.76. The van der Waals surface area contributed by atoms with Crippen molar-refractivity contribution in [3.8, 4) is 0 Å². The van der Waals surface area contributed by atoms with Crippen molar-refractivity contribution in [3.05, 3.63) is 11.6 Å². The minimum Gasteiger partial charge on any atom is -0.480 e. The highest BCUT2D eigenvalue weighted by Crippen LogP contribution is 2.67. The van der Waals surface area contributed by atoms with Crippen LogP contribution in [0.5, 0.6) is 0 Å². The Morgan fingerprint density at radius 1 is 1.10 bits per heavy atom. The molecule has 4 aliphatic rings. The van der Waals surface area contributed by atoms with Gasteiger partial charge in [-0.2, -0.15) is 0 Å². The fraction of sp³-hybridized carbons (Fsp3) is 0.774. The van der Waals surface area contributed by atoms with E-state index in [1.807, 2.05) is 20.8 Å². The van der Waals surface area contributed by atoms with Gasteiger partial charge in [-0.15, -0.1) is 0 Å². The van der Waals surface area contributed by atoms with E-state index in [-0.39, 0.29) is 67.0 Å². The quantitative estimate of drug-likeness (QED) is 0.286. The Bertz CT molecular complexity index is 1130. The Kier molecular flexibility index (Phi) is 8.86. The first kappa shape index (κ1) is 31.3. The van der Waals surface area contributed by atoms with Crippen molar-refractivity contribution in [2.24, 2.45) is 34.5 Å². The van der Waals surface area contributed by atoms with Gasteiger partial charge in [-0.05, 0) is 80.1 Å². The Balaban J connectivity index is 1.36. The van der Waals surface area contributed by atoms with E-state index in [2.05, 4.69) is 12.2 Å². The van der Waals surface area contributed by atoms with Crippen LogP contribution < -0.4 is 5.32 Å². The average Bonchev–Trinajstić information content (AvgIpc) is 3.16. The number of fused-ring (bicyclic) bond motifs is 5. The zero-order valence-electron chi connectivity index (χ0n) is 24.6. The maximum absolute atomic E-state index is 13.4. The molecule has 0 spiro atoms. The third-order valence-corrected chi connectivity index (χ3v) is 10.8. The standard InChI is InChI=1S/C31H45NO9/c1-17(2)13-22(28(38)39)32-25(36)7-8-26(37)41-16-24(35)31(40)12-10-21-20-6-5-18-14-19(33)9-11-29(18,3)27(20)23(34)15-30(21,31)4/h14,17,20-23,27,34,40H,5-13,15-16H2,1-4H3,(H,32,36)(H,38,39)/t20-,21+,22-,23+,27+,29-,30-,31-/m0/s1. The highest BCUT2D eigenvalue weighted by molar-refractivity contribution is 5.92. The molecule has 8 atom stereocenters. The molecule has 0 aromatic carbocycles. The molecule has 4 aliphatic carbocycles. The van der Waals surface area contributed by atoms with Crippen LogP contribution in [0.4, 0.5) is 0 Å². The van der Waals surface area contributed by atoms with Crippen LogP contribution in [-0.4, -0.2) is 69.1 Å². The number of amides is 1. The van der Waals surface area contributed by atoms with Crippen LogP contribution in [-0.2, 0) is 28.7 Å². The molecule has 0 radical (unpaired) electrons. The largest absolute Gasteiger partial charge is 0.480 e. The second-order valence-electron chi connectivity index (χ2n) is 13.6. The van der Waals surface area contributed by atoms with Gasteiger partial charge in [-0.3, -0.25) is 19.2 Å². The number of carbonyl (C=O) groups excluding carboxylic acids is 4. The number of carboxylic acids is 1. The zero-order valence-corrected chi connectivity index (χ0v) is 24.6. The highest BCUT2D eigenvalue weighted by atomic mass is 16.5. The van der Waals surface area contributed by atoms with E-state index in [1.54, 1.807) is 6.08 Å². The lowest BCUT2D eigenvalue weighted by molar-refractivity contribution is -0.184. The van der Waals surface area contributed by atoms with E-state index < -0.39 is 53.4 Å². The van der Waals surface area contributed by atoms with E-state index in [4.69, 9.17) is 4.74 Å². The number of hydrogen-bond donors (Lipinski definition) is 4. The van der Waals surface area contributed by atoms with Crippen LogP contribution in [0.3, 0.4) is 0 Å². The summed E-state index contributed by atoms with van der Waals surface area (Å²) >= 11 is 0. The second kappa shape index (κ2) is 11.6. The Morgan fingerprint density at radius 2 is 1.80 bits per heavy atom. The lowest BCUT2D eigenvalue weighted by atomic mass is 9.45. The van der Waals surface area contributed by atoms with Gasteiger partial charge in [-0.25, -0.2) is 4.79 Å². The van der Waals surface area contributed by atoms with E-state index >= 15 is 0 Å². The number of nitrogens with one attached hydrogen (secondary N) is 1. The van der Waals surface area contributed by atoms with Crippen LogP contribution in [0.25, 0.3) is 0 Å². The molecule has 228 valence electrons. The number of hydrogen-bond acceptors (Lipinski definition) is 8. The fourth-order valence-electron chi connectivity index (χ4n) is 8.66. The van der Waals surface area contributed by atoms with Crippen LogP contribution in [0, 0.1) is 34.5 Å². The molecule has 3 fully saturated rings. The number of aliphatic carboxylic acids is 1. The number of Topliss-reactive ketones (excluding diaryl/α,β-unsaturated/α-hetero) is 1. The number of carboxylic acid groups (broad SMARTS) is 1. The average molecular weight is 576 g/mol. The van der Waals surface area contributed by atoms with Gasteiger partial charge in [0.1, 0.15) is 11.6 Å². The van der Waals surface area contributed by atoms with Crippen molar-refractivity contribution in [1.82, 2.24) is 5.32 Å². The highest BCUT2D eigenvalue weighted by Gasteiger charge is 2.68. The van der Waals surface area contributed by atoms with E-state index in [0.29, 0.717) is 19.3 Å². The third-order valence-electron chi connectivity index (χ3n) is 10.8. The van der Waals surface area contributed by atoms with E-state index in [0.717, 1.165) is 18.4 Å². The molecule has 0 bridgehead atoms. The summed E-state index contributed by atoms with van der Waals surface area (Å²) < 4.78 is 5.16. The van der Waals surface area contributed by atoms with Gasteiger partial charge in [0.2, 0.25) is 11.7 Å². The molecule has 0 unspecified atom stereocenters. The molecule has 1 amide bonds. The molecule has 10 nitrogen and oxygen atoms in total.